The lowest BCUT2D eigenvalue weighted by Crippen LogP contribution is -2.38. The summed E-state index contributed by atoms with van der Waals surface area (Å²) in [5.74, 6) is 0.741. The molecule has 1 aliphatic carbocycles. The zero-order valence-electron chi connectivity index (χ0n) is 13.9. The Morgan fingerprint density at radius 1 is 1.13 bits per heavy atom. The number of hydrogen-bond acceptors (Lipinski definition) is 1. The van der Waals surface area contributed by atoms with Crippen LogP contribution in [0.3, 0.4) is 0 Å². The first-order valence-electron chi connectivity index (χ1n) is 8.75. The maximum atomic E-state index is 13.0. The van der Waals surface area contributed by atoms with E-state index in [4.69, 9.17) is 0 Å². The fourth-order valence-electron chi connectivity index (χ4n) is 3.59. The zero-order valence-corrected chi connectivity index (χ0v) is 13.9. The minimum Gasteiger partial charge on any atom is -0.357 e. The van der Waals surface area contributed by atoms with Gasteiger partial charge in [0.05, 0.1) is 6.04 Å². The van der Waals surface area contributed by atoms with Crippen LogP contribution >= 0.6 is 0 Å². The summed E-state index contributed by atoms with van der Waals surface area (Å²) in [5.41, 5.74) is 1.88. The van der Waals surface area contributed by atoms with Gasteiger partial charge >= 0.3 is 0 Å². The molecule has 3 nitrogen and oxygen atoms in total. The van der Waals surface area contributed by atoms with Gasteiger partial charge in [-0.15, -0.1) is 0 Å². The van der Waals surface area contributed by atoms with E-state index in [2.05, 4.69) is 28.9 Å². The Morgan fingerprint density at radius 3 is 2.52 bits per heavy atom. The first kappa shape index (κ1) is 15.9. The number of aromatic nitrogens is 1. The van der Waals surface area contributed by atoms with Gasteiger partial charge in [0.1, 0.15) is 5.69 Å². The summed E-state index contributed by atoms with van der Waals surface area (Å²) < 4.78 is 0. The van der Waals surface area contributed by atoms with Gasteiger partial charge in [-0.1, -0.05) is 49.6 Å². The monoisotopic (exact) mass is 310 g/mol. The molecule has 1 aromatic carbocycles. The largest absolute Gasteiger partial charge is 0.357 e. The molecule has 0 bridgehead atoms. The Kier molecular flexibility index (Phi) is 5.16. The zero-order chi connectivity index (χ0) is 16.1. The average Bonchev–Trinajstić information content (AvgIpc) is 3.15. The van der Waals surface area contributed by atoms with Gasteiger partial charge < -0.3 is 9.88 Å². The highest BCUT2D eigenvalue weighted by molar-refractivity contribution is 5.92. The number of rotatable bonds is 5. The predicted octanol–water partition coefficient (Wildman–Crippen LogP) is 4.80. The van der Waals surface area contributed by atoms with Gasteiger partial charge in [0.25, 0.3) is 5.91 Å². The van der Waals surface area contributed by atoms with E-state index in [1.807, 2.05) is 36.5 Å². The topological polar surface area (TPSA) is 36.1 Å². The minimum absolute atomic E-state index is 0.0916. The molecule has 3 heteroatoms. The molecule has 23 heavy (non-hydrogen) atoms. The molecule has 1 saturated carbocycles. The summed E-state index contributed by atoms with van der Waals surface area (Å²) in [7, 11) is 0. The summed E-state index contributed by atoms with van der Waals surface area (Å²) in [6.45, 7) is 2.99. The third-order valence-electron chi connectivity index (χ3n) is 5.02. The lowest BCUT2D eigenvalue weighted by molar-refractivity contribution is 0.0631. The number of hydrogen-bond donors (Lipinski definition) is 1. The standard InChI is InChI=1S/C20H26N2O/c1-16(18-11-6-3-7-12-18)22(15-17-9-4-2-5-10-17)20(23)19-13-8-14-21-19/h3,6-8,11-14,16-17,21H,2,4-5,9-10,15H2,1H3. The normalized spacial score (nSPS) is 16.9. The first-order chi connectivity index (χ1) is 11.3. The molecule has 0 saturated heterocycles. The Hall–Kier alpha value is -2.03. The second-order valence-electron chi connectivity index (χ2n) is 6.63. The van der Waals surface area contributed by atoms with Crippen LogP contribution in [0.2, 0.25) is 0 Å². The van der Waals surface area contributed by atoms with Crippen LogP contribution in [0.25, 0.3) is 0 Å². The molecule has 1 heterocycles. The van der Waals surface area contributed by atoms with Crippen LogP contribution in [0.1, 0.15) is 61.1 Å². The summed E-state index contributed by atoms with van der Waals surface area (Å²) >= 11 is 0. The lowest BCUT2D eigenvalue weighted by Gasteiger charge is -2.34. The molecule has 1 fully saturated rings. The number of H-pyrrole nitrogens is 1. The van der Waals surface area contributed by atoms with Gasteiger partial charge in [0, 0.05) is 12.7 Å². The van der Waals surface area contributed by atoms with Gasteiger partial charge in [-0.2, -0.15) is 0 Å². The smallest absolute Gasteiger partial charge is 0.270 e. The number of nitrogens with one attached hydrogen (secondary N) is 1. The van der Waals surface area contributed by atoms with Crippen LogP contribution in [0, 0.1) is 5.92 Å². The SMILES string of the molecule is CC(c1ccccc1)N(CC1CCCCC1)C(=O)c1ccc[nH]1. The van der Waals surface area contributed by atoms with E-state index in [1.54, 1.807) is 0 Å². The number of amides is 1. The summed E-state index contributed by atoms with van der Waals surface area (Å²) in [4.78, 5) is 18.1. The molecule has 0 spiro atoms. The maximum Gasteiger partial charge on any atom is 0.270 e. The van der Waals surface area contributed by atoms with Crippen molar-refractivity contribution in [3.8, 4) is 0 Å². The van der Waals surface area contributed by atoms with Crippen LogP contribution in [0.4, 0.5) is 0 Å². The van der Waals surface area contributed by atoms with Gasteiger partial charge in [0.15, 0.2) is 0 Å². The molecule has 122 valence electrons. The van der Waals surface area contributed by atoms with Crippen LogP contribution < -0.4 is 0 Å². The first-order valence-corrected chi connectivity index (χ1v) is 8.75. The Labute approximate surface area is 138 Å². The van der Waals surface area contributed by atoms with E-state index in [9.17, 15) is 4.79 Å². The Morgan fingerprint density at radius 2 is 1.87 bits per heavy atom. The third-order valence-corrected chi connectivity index (χ3v) is 5.02. The molecule has 1 aromatic heterocycles. The van der Waals surface area contributed by atoms with E-state index < -0.39 is 0 Å². The van der Waals surface area contributed by atoms with Gasteiger partial charge in [0.2, 0.25) is 0 Å². The minimum atomic E-state index is 0.0916. The molecule has 0 radical (unpaired) electrons. The van der Waals surface area contributed by atoms with E-state index in [0.717, 1.165) is 6.54 Å². The Balaban J connectivity index is 1.81. The van der Waals surface area contributed by atoms with Crippen LogP contribution in [-0.4, -0.2) is 22.3 Å². The molecular weight excluding hydrogens is 284 g/mol. The maximum absolute atomic E-state index is 13.0. The van der Waals surface area contributed by atoms with Crippen molar-refractivity contribution >= 4 is 5.91 Å². The van der Waals surface area contributed by atoms with Crippen molar-refractivity contribution < 1.29 is 4.79 Å². The lowest BCUT2D eigenvalue weighted by atomic mass is 9.88. The number of nitrogens with zero attached hydrogens (tertiary/aromatic N) is 1. The predicted molar refractivity (Wildman–Crippen MR) is 93.3 cm³/mol. The molecule has 1 amide bonds. The number of carbonyl (C=O) groups excluding carboxylic acids is 1. The molecule has 2 aromatic rings. The fourth-order valence-corrected chi connectivity index (χ4v) is 3.59. The van der Waals surface area contributed by atoms with Crippen LogP contribution in [0.15, 0.2) is 48.7 Å². The molecule has 1 atom stereocenters. The highest BCUT2D eigenvalue weighted by Crippen LogP contribution is 2.29. The molecule has 0 aliphatic heterocycles. The van der Waals surface area contributed by atoms with E-state index in [-0.39, 0.29) is 11.9 Å². The Bertz CT molecular complexity index is 600. The van der Waals surface area contributed by atoms with E-state index in [0.29, 0.717) is 11.6 Å². The highest BCUT2D eigenvalue weighted by Gasteiger charge is 2.27. The molecule has 3 rings (SSSR count). The molecule has 1 unspecified atom stereocenters. The van der Waals surface area contributed by atoms with Crippen molar-refractivity contribution in [1.82, 2.24) is 9.88 Å². The summed E-state index contributed by atoms with van der Waals surface area (Å²) in [5, 5.41) is 0. The highest BCUT2D eigenvalue weighted by atomic mass is 16.2. The van der Waals surface area contributed by atoms with Crippen molar-refractivity contribution in [3.63, 3.8) is 0 Å². The fraction of sp³-hybridized carbons (Fsp3) is 0.450. The summed E-state index contributed by atoms with van der Waals surface area (Å²) in [6.07, 6.45) is 8.25. The van der Waals surface area contributed by atoms with Crippen molar-refractivity contribution in [1.29, 1.82) is 0 Å². The van der Waals surface area contributed by atoms with Crippen LogP contribution in [-0.2, 0) is 0 Å². The van der Waals surface area contributed by atoms with Gasteiger partial charge in [-0.3, -0.25) is 4.79 Å². The quantitative estimate of drug-likeness (QED) is 0.846. The number of benzene rings is 1. The number of carbonyl (C=O) groups is 1. The molecule has 1 aliphatic rings. The molecular formula is C20H26N2O. The van der Waals surface area contributed by atoms with Crippen molar-refractivity contribution in [3.05, 3.63) is 59.9 Å². The summed E-state index contributed by atoms with van der Waals surface area (Å²) in [6, 6.07) is 14.2. The van der Waals surface area contributed by atoms with E-state index in [1.165, 1.54) is 37.7 Å². The van der Waals surface area contributed by atoms with Gasteiger partial charge in [-0.25, -0.2) is 0 Å². The second kappa shape index (κ2) is 7.49. The van der Waals surface area contributed by atoms with E-state index >= 15 is 0 Å². The third kappa shape index (κ3) is 3.84. The molecule has 1 N–H and O–H groups in total. The van der Waals surface area contributed by atoms with Crippen molar-refractivity contribution in [2.24, 2.45) is 5.92 Å². The van der Waals surface area contributed by atoms with Crippen LogP contribution in [0.5, 0.6) is 0 Å². The van der Waals surface area contributed by atoms with Gasteiger partial charge in [-0.05, 0) is 43.4 Å². The number of aromatic amines is 1. The van der Waals surface area contributed by atoms with Crippen molar-refractivity contribution in [2.45, 2.75) is 45.1 Å². The average molecular weight is 310 g/mol. The second-order valence-corrected chi connectivity index (χ2v) is 6.63. The van der Waals surface area contributed by atoms with Crippen molar-refractivity contribution in [2.75, 3.05) is 6.54 Å².